The SMILES string of the molecule is COc1cc(C(=O)c2cncn2C)c(F)cc1Cl. The summed E-state index contributed by atoms with van der Waals surface area (Å²) in [5.41, 5.74) is 0.193. The van der Waals surface area contributed by atoms with Crippen LogP contribution >= 0.6 is 11.6 Å². The molecule has 0 aliphatic rings. The van der Waals surface area contributed by atoms with Gasteiger partial charge < -0.3 is 9.30 Å². The number of nitrogens with zero attached hydrogens (tertiary/aromatic N) is 2. The van der Waals surface area contributed by atoms with Crippen LogP contribution in [0.15, 0.2) is 24.7 Å². The molecule has 6 heteroatoms. The largest absolute Gasteiger partial charge is 0.495 e. The number of aryl methyl sites for hydroxylation is 1. The zero-order chi connectivity index (χ0) is 13.3. The van der Waals surface area contributed by atoms with Crippen molar-refractivity contribution >= 4 is 17.4 Å². The van der Waals surface area contributed by atoms with Crippen molar-refractivity contribution in [2.75, 3.05) is 7.11 Å². The van der Waals surface area contributed by atoms with E-state index in [9.17, 15) is 9.18 Å². The number of rotatable bonds is 3. The summed E-state index contributed by atoms with van der Waals surface area (Å²) in [6.07, 6.45) is 2.85. The molecule has 2 rings (SSSR count). The van der Waals surface area contributed by atoms with Gasteiger partial charge in [0.2, 0.25) is 5.78 Å². The first-order valence-electron chi connectivity index (χ1n) is 5.08. The number of carbonyl (C=O) groups is 1. The quantitative estimate of drug-likeness (QED) is 0.803. The number of aromatic nitrogens is 2. The van der Waals surface area contributed by atoms with E-state index in [0.717, 1.165) is 6.07 Å². The fourth-order valence-electron chi connectivity index (χ4n) is 1.57. The van der Waals surface area contributed by atoms with E-state index in [-0.39, 0.29) is 16.3 Å². The summed E-state index contributed by atoms with van der Waals surface area (Å²) in [7, 11) is 3.06. The van der Waals surface area contributed by atoms with Gasteiger partial charge in [-0.2, -0.15) is 0 Å². The van der Waals surface area contributed by atoms with Crippen molar-refractivity contribution in [3.8, 4) is 5.75 Å². The Bertz CT molecular complexity index is 610. The van der Waals surface area contributed by atoms with Gasteiger partial charge in [0.25, 0.3) is 0 Å². The molecule has 0 saturated carbocycles. The lowest BCUT2D eigenvalue weighted by Crippen LogP contribution is -2.09. The highest BCUT2D eigenvalue weighted by Crippen LogP contribution is 2.28. The van der Waals surface area contributed by atoms with Crippen molar-refractivity contribution in [2.45, 2.75) is 0 Å². The van der Waals surface area contributed by atoms with E-state index in [1.54, 1.807) is 7.05 Å². The summed E-state index contributed by atoms with van der Waals surface area (Å²) in [4.78, 5) is 15.9. The Morgan fingerprint density at radius 3 is 2.78 bits per heavy atom. The molecule has 1 aromatic carbocycles. The second-order valence-electron chi connectivity index (χ2n) is 3.69. The lowest BCUT2D eigenvalue weighted by atomic mass is 10.1. The van der Waals surface area contributed by atoms with Gasteiger partial charge in [0.05, 0.1) is 30.2 Å². The van der Waals surface area contributed by atoms with E-state index in [1.807, 2.05) is 0 Å². The van der Waals surface area contributed by atoms with Crippen LogP contribution in [-0.2, 0) is 7.05 Å². The number of methoxy groups -OCH3 is 1. The first kappa shape index (κ1) is 12.6. The minimum Gasteiger partial charge on any atom is -0.495 e. The fraction of sp³-hybridized carbons (Fsp3) is 0.167. The molecule has 2 aromatic rings. The molecule has 0 aliphatic carbocycles. The first-order valence-corrected chi connectivity index (χ1v) is 5.46. The maximum absolute atomic E-state index is 13.8. The molecule has 0 spiro atoms. The molecule has 0 fully saturated rings. The Kier molecular flexibility index (Phi) is 3.34. The van der Waals surface area contributed by atoms with Crippen LogP contribution in [0, 0.1) is 5.82 Å². The van der Waals surface area contributed by atoms with Gasteiger partial charge in [-0.25, -0.2) is 9.37 Å². The Labute approximate surface area is 108 Å². The van der Waals surface area contributed by atoms with Gasteiger partial charge in [0.15, 0.2) is 0 Å². The predicted octanol–water partition coefficient (Wildman–Crippen LogP) is 2.45. The number of ketones is 1. The minimum absolute atomic E-state index is 0.0974. The average Bonchev–Trinajstić information content (AvgIpc) is 2.75. The van der Waals surface area contributed by atoms with E-state index in [1.165, 1.54) is 30.3 Å². The van der Waals surface area contributed by atoms with Crippen LogP contribution in [0.4, 0.5) is 4.39 Å². The molecule has 0 bridgehead atoms. The van der Waals surface area contributed by atoms with Crippen molar-refractivity contribution in [1.29, 1.82) is 0 Å². The van der Waals surface area contributed by atoms with Crippen LogP contribution in [0.25, 0.3) is 0 Å². The van der Waals surface area contributed by atoms with Crippen molar-refractivity contribution in [3.05, 3.63) is 46.8 Å². The lowest BCUT2D eigenvalue weighted by Gasteiger charge is -2.07. The van der Waals surface area contributed by atoms with Gasteiger partial charge >= 0.3 is 0 Å². The van der Waals surface area contributed by atoms with Gasteiger partial charge in [0, 0.05) is 7.05 Å². The maximum Gasteiger partial charge on any atom is 0.214 e. The van der Waals surface area contributed by atoms with E-state index in [2.05, 4.69) is 4.98 Å². The Morgan fingerprint density at radius 1 is 1.50 bits per heavy atom. The summed E-state index contributed by atoms with van der Waals surface area (Å²) < 4.78 is 20.2. The molecule has 0 aliphatic heterocycles. The summed E-state index contributed by atoms with van der Waals surface area (Å²) in [6, 6.07) is 2.34. The van der Waals surface area contributed by atoms with E-state index >= 15 is 0 Å². The van der Waals surface area contributed by atoms with Crippen molar-refractivity contribution < 1.29 is 13.9 Å². The number of hydrogen-bond donors (Lipinski definition) is 0. The summed E-state index contributed by atoms with van der Waals surface area (Å²) in [5, 5.41) is 0.122. The van der Waals surface area contributed by atoms with Crippen LogP contribution in [0.5, 0.6) is 5.75 Å². The van der Waals surface area contributed by atoms with Crippen LogP contribution < -0.4 is 4.74 Å². The number of hydrogen-bond acceptors (Lipinski definition) is 3. The van der Waals surface area contributed by atoms with Crippen molar-refractivity contribution in [2.24, 2.45) is 7.05 Å². The summed E-state index contributed by atoms with van der Waals surface area (Å²) >= 11 is 5.77. The molecule has 94 valence electrons. The molecule has 0 unspecified atom stereocenters. The minimum atomic E-state index is -0.688. The molecule has 0 radical (unpaired) electrons. The smallest absolute Gasteiger partial charge is 0.214 e. The van der Waals surface area contributed by atoms with Crippen LogP contribution in [0.2, 0.25) is 5.02 Å². The highest BCUT2D eigenvalue weighted by molar-refractivity contribution is 6.32. The van der Waals surface area contributed by atoms with Gasteiger partial charge in [-0.05, 0) is 12.1 Å². The normalized spacial score (nSPS) is 10.4. The van der Waals surface area contributed by atoms with Crippen LogP contribution in [0.1, 0.15) is 16.1 Å². The Balaban J connectivity index is 2.52. The Hall–Kier alpha value is -1.88. The van der Waals surface area contributed by atoms with E-state index in [4.69, 9.17) is 16.3 Å². The molecule has 1 heterocycles. The van der Waals surface area contributed by atoms with Crippen molar-refractivity contribution in [1.82, 2.24) is 9.55 Å². The molecule has 0 saturated heterocycles. The summed E-state index contributed by atoms with van der Waals surface area (Å²) in [5.74, 6) is -0.905. The summed E-state index contributed by atoms with van der Waals surface area (Å²) in [6.45, 7) is 0. The molecular formula is C12H10ClFN2O2. The Morgan fingerprint density at radius 2 is 2.22 bits per heavy atom. The average molecular weight is 269 g/mol. The zero-order valence-corrected chi connectivity index (χ0v) is 10.5. The second-order valence-corrected chi connectivity index (χ2v) is 4.09. The number of halogens is 2. The number of carbonyl (C=O) groups excluding carboxylic acids is 1. The maximum atomic E-state index is 13.8. The molecule has 1 aromatic heterocycles. The monoisotopic (exact) mass is 268 g/mol. The molecular weight excluding hydrogens is 259 g/mol. The fourth-order valence-corrected chi connectivity index (χ4v) is 1.80. The van der Waals surface area contributed by atoms with Gasteiger partial charge in [-0.1, -0.05) is 11.6 Å². The lowest BCUT2D eigenvalue weighted by molar-refractivity contribution is 0.102. The third-order valence-electron chi connectivity index (χ3n) is 2.54. The van der Waals surface area contributed by atoms with Crippen molar-refractivity contribution in [3.63, 3.8) is 0 Å². The van der Waals surface area contributed by atoms with Gasteiger partial charge in [-0.15, -0.1) is 0 Å². The number of benzene rings is 1. The van der Waals surface area contributed by atoms with E-state index in [0.29, 0.717) is 5.69 Å². The zero-order valence-electron chi connectivity index (χ0n) is 9.78. The van der Waals surface area contributed by atoms with Gasteiger partial charge in [0.1, 0.15) is 17.3 Å². The van der Waals surface area contributed by atoms with Gasteiger partial charge in [-0.3, -0.25) is 4.79 Å². The highest BCUT2D eigenvalue weighted by Gasteiger charge is 2.19. The second kappa shape index (κ2) is 4.78. The molecule has 0 amide bonds. The highest BCUT2D eigenvalue weighted by atomic mass is 35.5. The first-order chi connectivity index (χ1) is 8.54. The molecule has 18 heavy (non-hydrogen) atoms. The molecule has 4 nitrogen and oxygen atoms in total. The molecule has 0 atom stereocenters. The standard InChI is InChI=1S/C12H10ClFN2O2/c1-16-6-15-5-10(16)12(17)7-3-11(18-2)8(13)4-9(7)14/h3-6H,1-2H3. The third-order valence-corrected chi connectivity index (χ3v) is 2.83. The third kappa shape index (κ3) is 2.09. The van der Waals surface area contributed by atoms with E-state index < -0.39 is 11.6 Å². The van der Waals surface area contributed by atoms with Crippen LogP contribution in [0.3, 0.4) is 0 Å². The number of ether oxygens (including phenoxy) is 1. The predicted molar refractivity (Wildman–Crippen MR) is 64.6 cm³/mol. The molecule has 0 N–H and O–H groups in total. The number of imidazole rings is 1. The topological polar surface area (TPSA) is 44.1 Å². The van der Waals surface area contributed by atoms with Crippen LogP contribution in [-0.4, -0.2) is 22.4 Å².